The standard InChI is InChI=1S/C22H39O6PSi/c1-7-30(8-2,9-3)28-21(17-27-16-20-13-11-10-12-14-20)15-19(4)22(23)18-29(24,25-5)26-6/h10-14,19,21H,7-9,15-18H2,1-6H3/t19-,21+/m0/s1. The van der Waals surface area contributed by atoms with E-state index in [1.54, 1.807) is 0 Å². The van der Waals surface area contributed by atoms with Gasteiger partial charge in [0.15, 0.2) is 8.32 Å². The maximum atomic E-state index is 12.7. The van der Waals surface area contributed by atoms with E-state index in [1.807, 2.05) is 37.3 Å². The molecule has 1 aromatic carbocycles. The molecule has 0 unspecified atom stereocenters. The maximum Gasteiger partial charge on any atom is 0.337 e. The van der Waals surface area contributed by atoms with Crippen molar-refractivity contribution in [2.45, 2.75) is 65.0 Å². The Bertz CT molecular complexity index is 649. The Morgan fingerprint density at radius 3 is 2.10 bits per heavy atom. The molecular formula is C22H39O6PSi. The minimum Gasteiger partial charge on any atom is -0.412 e. The van der Waals surface area contributed by atoms with Gasteiger partial charge in [-0.15, -0.1) is 0 Å². The van der Waals surface area contributed by atoms with Gasteiger partial charge in [0.25, 0.3) is 0 Å². The topological polar surface area (TPSA) is 71.1 Å². The Labute approximate surface area is 183 Å². The molecule has 0 radical (unpaired) electrons. The molecule has 0 saturated heterocycles. The van der Waals surface area contributed by atoms with E-state index in [1.165, 1.54) is 14.2 Å². The third kappa shape index (κ3) is 8.73. The van der Waals surface area contributed by atoms with Gasteiger partial charge in [-0.1, -0.05) is 58.0 Å². The molecule has 0 N–H and O–H groups in total. The first-order valence-electron chi connectivity index (χ1n) is 10.8. The van der Waals surface area contributed by atoms with Crippen molar-refractivity contribution >= 4 is 21.7 Å². The van der Waals surface area contributed by atoms with E-state index < -0.39 is 15.9 Å². The summed E-state index contributed by atoms with van der Waals surface area (Å²) < 4.78 is 34.8. The second-order valence-electron chi connectivity index (χ2n) is 7.72. The van der Waals surface area contributed by atoms with E-state index in [4.69, 9.17) is 18.2 Å². The molecule has 0 aliphatic heterocycles. The second-order valence-corrected chi connectivity index (χ2v) is 14.7. The van der Waals surface area contributed by atoms with E-state index in [9.17, 15) is 9.36 Å². The van der Waals surface area contributed by atoms with Crippen LogP contribution in [0.5, 0.6) is 0 Å². The fourth-order valence-electron chi connectivity index (χ4n) is 3.46. The lowest BCUT2D eigenvalue weighted by Gasteiger charge is -2.34. The summed E-state index contributed by atoms with van der Waals surface area (Å²) in [6.45, 7) is 9.33. The number of ketones is 1. The summed E-state index contributed by atoms with van der Waals surface area (Å²) in [4.78, 5) is 12.7. The smallest absolute Gasteiger partial charge is 0.337 e. The second kappa shape index (κ2) is 13.6. The van der Waals surface area contributed by atoms with E-state index in [-0.39, 0.29) is 24.0 Å². The fraction of sp³-hybridized carbons (Fsp3) is 0.682. The van der Waals surface area contributed by atoms with Crippen molar-refractivity contribution in [2.75, 3.05) is 27.0 Å². The summed E-state index contributed by atoms with van der Waals surface area (Å²) in [7, 11) is -2.63. The number of hydrogen-bond donors (Lipinski definition) is 0. The Balaban J connectivity index is 2.82. The quantitative estimate of drug-likeness (QED) is 0.235. The van der Waals surface area contributed by atoms with E-state index in [2.05, 4.69) is 20.8 Å². The van der Waals surface area contributed by atoms with Crippen molar-refractivity contribution in [3.63, 3.8) is 0 Å². The van der Waals surface area contributed by atoms with Crippen LogP contribution in [0.2, 0.25) is 18.1 Å². The SMILES string of the molecule is CC[Si](CC)(CC)O[C@@H](COCc1ccccc1)C[C@H](C)C(=O)CP(=O)(OC)OC. The lowest BCUT2D eigenvalue weighted by atomic mass is 10.0. The molecule has 0 aromatic heterocycles. The highest BCUT2D eigenvalue weighted by atomic mass is 31.2. The molecule has 2 atom stereocenters. The zero-order valence-electron chi connectivity index (χ0n) is 19.4. The van der Waals surface area contributed by atoms with Gasteiger partial charge in [0, 0.05) is 20.1 Å². The van der Waals surface area contributed by atoms with Crippen LogP contribution in [-0.2, 0) is 34.2 Å². The van der Waals surface area contributed by atoms with Crippen LogP contribution in [-0.4, -0.2) is 47.2 Å². The van der Waals surface area contributed by atoms with Gasteiger partial charge in [-0.25, -0.2) is 0 Å². The fourth-order valence-corrected chi connectivity index (χ4v) is 7.43. The van der Waals surface area contributed by atoms with Crippen LogP contribution in [0.25, 0.3) is 0 Å². The van der Waals surface area contributed by atoms with Crippen molar-refractivity contribution < 1.29 is 27.6 Å². The number of hydrogen-bond acceptors (Lipinski definition) is 6. The van der Waals surface area contributed by atoms with Gasteiger partial charge in [0.05, 0.1) is 19.3 Å². The number of carbonyl (C=O) groups excluding carboxylic acids is 1. The Kier molecular flexibility index (Phi) is 12.3. The first kappa shape index (κ1) is 27.2. The van der Waals surface area contributed by atoms with Crippen LogP contribution in [0.15, 0.2) is 30.3 Å². The molecule has 0 fully saturated rings. The minimum absolute atomic E-state index is 0.143. The average Bonchev–Trinajstić information content (AvgIpc) is 2.77. The molecular weight excluding hydrogens is 419 g/mol. The van der Waals surface area contributed by atoms with Crippen molar-refractivity contribution in [3.8, 4) is 0 Å². The van der Waals surface area contributed by atoms with Crippen LogP contribution < -0.4 is 0 Å². The largest absolute Gasteiger partial charge is 0.412 e. The molecule has 0 spiro atoms. The first-order valence-corrected chi connectivity index (χ1v) is 15.0. The molecule has 0 aliphatic carbocycles. The molecule has 172 valence electrons. The Morgan fingerprint density at radius 1 is 1.03 bits per heavy atom. The van der Waals surface area contributed by atoms with Crippen LogP contribution in [0.4, 0.5) is 0 Å². The van der Waals surface area contributed by atoms with Gasteiger partial charge < -0.3 is 18.2 Å². The monoisotopic (exact) mass is 458 g/mol. The summed E-state index contributed by atoms with van der Waals surface area (Å²) in [6.07, 6.45) is 0.121. The number of rotatable bonds is 16. The lowest BCUT2D eigenvalue weighted by Crippen LogP contribution is -2.42. The highest BCUT2D eigenvalue weighted by Gasteiger charge is 2.34. The third-order valence-corrected chi connectivity index (χ3v) is 12.3. The molecule has 30 heavy (non-hydrogen) atoms. The Morgan fingerprint density at radius 2 is 1.60 bits per heavy atom. The number of carbonyl (C=O) groups is 1. The first-order chi connectivity index (χ1) is 14.3. The average molecular weight is 459 g/mol. The van der Waals surface area contributed by atoms with Gasteiger partial charge in [-0.05, 0) is 30.1 Å². The highest BCUT2D eigenvalue weighted by molar-refractivity contribution is 7.54. The molecule has 6 nitrogen and oxygen atoms in total. The normalized spacial score (nSPS) is 14.5. The van der Waals surface area contributed by atoms with Crippen LogP contribution in [0.1, 0.15) is 39.7 Å². The number of ether oxygens (including phenoxy) is 1. The Hall–Kier alpha value is -0.823. The van der Waals surface area contributed by atoms with Crippen molar-refractivity contribution in [1.29, 1.82) is 0 Å². The van der Waals surface area contributed by atoms with Crippen LogP contribution in [0.3, 0.4) is 0 Å². The maximum absolute atomic E-state index is 12.7. The van der Waals surface area contributed by atoms with E-state index in [0.717, 1.165) is 23.7 Å². The molecule has 0 amide bonds. The summed E-state index contributed by atoms with van der Waals surface area (Å²) in [5, 5.41) is 0. The molecule has 0 bridgehead atoms. The molecule has 1 aromatic rings. The number of Topliss-reactive ketones (excluding diaryl/α,β-unsaturated/α-hetero) is 1. The van der Waals surface area contributed by atoms with Gasteiger partial charge >= 0.3 is 7.60 Å². The summed E-state index contributed by atoms with van der Waals surface area (Å²) in [5.74, 6) is -0.471. The van der Waals surface area contributed by atoms with E-state index >= 15 is 0 Å². The van der Waals surface area contributed by atoms with Crippen molar-refractivity contribution in [3.05, 3.63) is 35.9 Å². The van der Waals surface area contributed by atoms with Crippen LogP contribution >= 0.6 is 7.60 Å². The molecule has 0 saturated carbocycles. The molecule has 0 aliphatic rings. The van der Waals surface area contributed by atoms with Gasteiger partial charge in [-0.2, -0.15) is 0 Å². The third-order valence-electron chi connectivity index (χ3n) is 5.84. The van der Waals surface area contributed by atoms with Gasteiger partial charge in [0.1, 0.15) is 11.9 Å². The summed E-state index contributed by atoms with van der Waals surface area (Å²) in [5.41, 5.74) is 1.10. The highest BCUT2D eigenvalue weighted by Crippen LogP contribution is 2.46. The minimum atomic E-state index is -3.37. The van der Waals surface area contributed by atoms with Crippen LogP contribution in [0, 0.1) is 5.92 Å². The predicted octanol–water partition coefficient (Wildman–Crippen LogP) is 5.67. The molecule has 8 heteroatoms. The summed E-state index contributed by atoms with van der Waals surface area (Å²) >= 11 is 0. The van der Waals surface area contributed by atoms with Gasteiger partial charge in [0.2, 0.25) is 0 Å². The van der Waals surface area contributed by atoms with Crippen molar-refractivity contribution in [2.24, 2.45) is 5.92 Å². The zero-order chi connectivity index (χ0) is 22.6. The lowest BCUT2D eigenvalue weighted by molar-refractivity contribution is -0.121. The zero-order valence-corrected chi connectivity index (χ0v) is 21.3. The number of benzene rings is 1. The predicted molar refractivity (Wildman–Crippen MR) is 123 cm³/mol. The van der Waals surface area contributed by atoms with Crippen molar-refractivity contribution in [1.82, 2.24) is 0 Å². The molecule has 0 heterocycles. The summed E-state index contributed by atoms with van der Waals surface area (Å²) in [6, 6.07) is 13.1. The molecule has 1 rings (SSSR count). The van der Waals surface area contributed by atoms with Gasteiger partial charge in [-0.3, -0.25) is 9.36 Å². The van der Waals surface area contributed by atoms with E-state index in [0.29, 0.717) is 19.6 Å².